The number of hydrogen-bond acceptors (Lipinski definition) is 6. The fraction of sp³-hybridized carbons (Fsp3) is 0.444. The molecule has 6 nitrogen and oxygen atoms in total. The number of carbonyl (C=O) groups excluding carboxylic acids is 1. The monoisotopic (exact) mass is 315 g/mol. The zero-order valence-corrected chi connectivity index (χ0v) is 11.3. The first-order valence-corrected chi connectivity index (χ1v) is 7.27. The summed E-state index contributed by atoms with van der Waals surface area (Å²) in [4.78, 5) is 10.8. The van der Waals surface area contributed by atoms with Crippen LogP contribution in [0.1, 0.15) is 9.67 Å². The van der Waals surface area contributed by atoms with Gasteiger partial charge in [0.1, 0.15) is 15.9 Å². The number of ether oxygens (including phenoxy) is 1. The lowest BCUT2D eigenvalue weighted by molar-refractivity contribution is -0.000455. The Labute approximate surface area is 112 Å². The smallest absolute Gasteiger partial charge is 0.349 e. The molecule has 0 saturated carbocycles. The molecule has 10 heteroatoms. The Morgan fingerprint density at radius 2 is 2.21 bits per heavy atom. The topological polar surface area (TPSA) is 92.7 Å². The van der Waals surface area contributed by atoms with Crippen LogP contribution in [0.15, 0.2) is 16.3 Å². The Morgan fingerprint density at radius 3 is 2.74 bits per heavy atom. The van der Waals surface area contributed by atoms with Crippen LogP contribution < -0.4 is 4.72 Å². The second kappa shape index (κ2) is 6.37. The van der Waals surface area contributed by atoms with E-state index in [2.05, 4.69) is 4.74 Å². The normalized spacial score (nSPS) is 13.5. The van der Waals surface area contributed by atoms with Crippen molar-refractivity contribution in [2.75, 3.05) is 13.7 Å². The molecular weight excluding hydrogens is 304 g/mol. The molecule has 0 spiro atoms. The number of esters is 1. The highest BCUT2D eigenvalue weighted by Gasteiger charge is 2.26. The Bertz CT molecular complexity index is 543. The van der Waals surface area contributed by atoms with Crippen LogP contribution in [-0.4, -0.2) is 45.7 Å². The van der Waals surface area contributed by atoms with Crippen LogP contribution in [-0.2, 0) is 14.8 Å². The van der Waals surface area contributed by atoms with Gasteiger partial charge in [-0.2, -0.15) is 0 Å². The summed E-state index contributed by atoms with van der Waals surface area (Å²) in [6, 6.07) is 1.15. The minimum absolute atomic E-state index is 0.165. The molecule has 0 aromatic carbocycles. The molecule has 0 bridgehead atoms. The highest BCUT2D eigenvalue weighted by molar-refractivity contribution is 7.89. The summed E-state index contributed by atoms with van der Waals surface area (Å²) in [6.45, 7) is -0.851. The molecule has 0 aliphatic heterocycles. The average molecular weight is 315 g/mol. The first kappa shape index (κ1) is 16.0. The van der Waals surface area contributed by atoms with Crippen molar-refractivity contribution in [2.24, 2.45) is 0 Å². The molecule has 0 fully saturated rings. The minimum Gasteiger partial charge on any atom is -0.465 e. The van der Waals surface area contributed by atoms with E-state index in [0.29, 0.717) is 0 Å². The minimum atomic E-state index is -4.17. The lowest BCUT2D eigenvalue weighted by Crippen LogP contribution is -2.36. The standard InChI is InChI=1S/C9H11F2NO5S2/c1-17-9(14)7-6(2-3-18-7)19(15,16)12-4-5(13)8(10)11/h2-3,5,8,12-13H,4H2,1H3. The number of thiophene rings is 1. The summed E-state index contributed by atoms with van der Waals surface area (Å²) in [7, 11) is -3.08. The van der Waals surface area contributed by atoms with E-state index in [1.165, 1.54) is 5.38 Å². The van der Waals surface area contributed by atoms with E-state index < -0.39 is 35.1 Å². The molecule has 0 radical (unpaired) electrons. The summed E-state index contributed by atoms with van der Waals surface area (Å²) in [5.41, 5.74) is 0. The van der Waals surface area contributed by atoms with Gasteiger partial charge in [-0.05, 0) is 11.4 Å². The maximum Gasteiger partial charge on any atom is 0.349 e. The first-order valence-electron chi connectivity index (χ1n) is 4.91. The Balaban J connectivity index is 2.90. The van der Waals surface area contributed by atoms with Crippen molar-refractivity contribution in [3.8, 4) is 0 Å². The molecule has 1 heterocycles. The number of nitrogens with one attached hydrogen (secondary N) is 1. The molecular formula is C9H11F2NO5S2. The number of rotatable bonds is 6. The van der Waals surface area contributed by atoms with Crippen molar-refractivity contribution >= 4 is 27.3 Å². The van der Waals surface area contributed by atoms with Gasteiger partial charge in [-0.3, -0.25) is 0 Å². The van der Waals surface area contributed by atoms with Crippen LogP contribution in [0, 0.1) is 0 Å². The second-order valence-electron chi connectivity index (χ2n) is 3.36. The quantitative estimate of drug-likeness (QED) is 0.743. The molecule has 0 aliphatic rings. The summed E-state index contributed by atoms with van der Waals surface area (Å²) < 4.78 is 53.9. The summed E-state index contributed by atoms with van der Waals surface area (Å²) in [5.74, 6) is -0.843. The van der Waals surface area contributed by atoms with Gasteiger partial charge in [0.2, 0.25) is 10.0 Å². The number of aliphatic hydroxyl groups is 1. The molecule has 0 saturated heterocycles. The van der Waals surface area contributed by atoms with Gasteiger partial charge in [-0.1, -0.05) is 0 Å². The van der Waals surface area contributed by atoms with Gasteiger partial charge < -0.3 is 9.84 Å². The van der Waals surface area contributed by atoms with Crippen molar-refractivity contribution in [3.05, 3.63) is 16.3 Å². The molecule has 0 aliphatic carbocycles. The number of aliphatic hydroxyl groups excluding tert-OH is 1. The molecule has 1 atom stereocenters. The van der Waals surface area contributed by atoms with Gasteiger partial charge in [-0.25, -0.2) is 26.7 Å². The van der Waals surface area contributed by atoms with Gasteiger partial charge in [0.25, 0.3) is 6.43 Å². The summed E-state index contributed by atoms with van der Waals surface area (Å²) in [6.07, 6.45) is -5.18. The summed E-state index contributed by atoms with van der Waals surface area (Å²) in [5, 5.41) is 10.2. The van der Waals surface area contributed by atoms with Gasteiger partial charge >= 0.3 is 5.97 Å². The van der Waals surface area contributed by atoms with E-state index >= 15 is 0 Å². The first-order chi connectivity index (χ1) is 8.79. The predicted octanol–water partition coefficient (Wildman–Crippen LogP) is 0.439. The van der Waals surface area contributed by atoms with Crippen molar-refractivity contribution in [1.29, 1.82) is 0 Å². The Morgan fingerprint density at radius 1 is 1.58 bits per heavy atom. The number of carbonyl (C=O) groups is 1. The molecule has 108 valence electrons. The van der Waals surface area contributed by atoms with E-state index in [-0.39, 0.29) is 9.77 Å². The van der Waals surface area contributed by atoms with Crippen LogP contribution in [0.25, 0.3) is 0 Å². The van der Waals surface area contributed by atoms with Crippen LogP contribution in [0.3, 0.4) is 0 Å². The molecule has 1 aromatic rings. The molecule has 2 N–H and O–H groups in total. The molecule has 1 unspecified atom stereocenters. The fourth-order valence-corrected chi connectivity index (χ4v) is 3.50. The maximum absolute atomic E-state index is 12.1. The van der Waals surface area contributed by atoms with E-state index in [4.69, 9.17) is 5.11 Å². The fourth-order valence-electron chi connectivity index (χ4n) is 1.11. The number of alkyl halides is 2. The highest BCUT2D eigenvalue weighted by Crippen LogP contribution is 2.22. The lowest BCUT2D eigenvalue weighted by Gasteiger charge is -2.11. The van der Waals surface area contributed by atoms with E-state index in [0.717, 1.165) is 24.5 Å². The Kier molecular flexibility index (Phi) is 5.35. The molecule has 1 rings (SSSR count). The number of hydrogen-bond donors (Lipinski definition) is 2. The van der Waals surface area contributed by atoms with Crippen LogP contribution in [0.2, 0.25) is 0 Å². The summed E-state index contributed by atoms with van der Waals surface area (Å²) >= 11 is 0.845. The van der Waals surface area contributed by atoms with Crippen molar-refractivity contribution in [3.63, 3.8) is 0 Å². The van der Waals surface area contributed by atoms with Crippen LogP contribution in [0.4, 0.5) is 8.78 Å². The number of sulfonamides is 1. The van der Waals surface area contributed by atoms with Gasteiger partial charge in [0, 0.05) is 6.54 Å². The SMILES string of the molecule is COC(=O)c1sccc1S(=O)(=O)NCC(O)C(F)F. The van der Waals surface area contributed by atoms with Crippen molar-refractivity contribution in [2.45, 2.75) is 17.4 Å². The Hall–Kier alpha value is -1.10. The van der Waals surface area contributed by atoms with Crippen LogP contribution in [0.5, 0.6) is 0 Å². The third kappa shape index (κ3) is 3.93. The highest BCUT2D eigenvalue weighted by atomic mass is 32.2. The lowest BCUT2D eigenvalue weighted by atomic mass is 10.4. The third-order valence-corrected chi connectivity index (χ3v) is 4.55. The maximum atomic E-state index is 12.1. The van der Waals surface area contributed by atoms with E-state index in [1.54, 1.807) is 4.72 Å². The third-order valence-electron chi connectivity index (χ3n) is 2.06. The van der Waals surface area contributed by atoms with Crippen molar-refractivity contribution in [1.82, 2.24) is 4.72 Å². The number of methoxy groups -OCH3 is 1. The largest absolute Gasteiger partial charge is 0.465 e. The second-order valence-corrected chi connectivity index (χ2v) is 6.01. The van der Waals surface area contributed by atoms with Crippen LogP contribution >= 0.6 is 11.3 Å². The molecule has 1 aromatic heterocycles. The van der Waals surface area contributed by atoms with Gasteiger partial charge in [0.15, 0.2) is 0 Å². The average Bonchev–Trinajstić information content (AvgIpc) is 2.84. The zero-order valence-electron chi connectivity index (χ0n) is 9.67. The van der Waals surface area contributed by atoms with Gasteiger partial charge in [0.05, 0.1) is 7.11 Å². The van der Waals surface area contributed by atoms with E-state index in [1.807, 2.05) is 0 Å². The molecule has 19 heavy (non-hydrogen) atoms. The van der Waals surface area contributed by atoms with Crippen molar-refractivity contribution < 1.29 is 31.8 Å². The zero-order chi connectivity index (χ0) is 14.6. The molecule has 0 amide bonds. The predicted molar refractivity (Wildman–Crippen MR) is 62.9 cm³/mol. The number of halogens is 2. The van der Waals surface area contributed by atoms with E-state index in [9.17, 15) is 22.0 Å². The van der Waals surface area contributed by atoms with Gasteiger partial charge in [-0.15, -0.1) is 11.3 Å².